The predicted molar refractivity (Wildman–Crippen MR) is 48.6 cm³/mol. The zero-order valence-electron chi connectivity index (χ0n) is 7.03. The minimum atomic E-state index is -0.268. The molecule has 1 rings (SSSR count). The van der Waals surface area contributed by atoms with Gasteiger partial charge < -0.3 is 15.9 Å². The van der Waals surface area contributed by atoms with Gasteiger partial charge in [0.1, 0.15) is 5.75 Å². The molecule has 0 aromatic heterocycles. The van der Waals surface area contributed by atoms with E-state index >= 15 is 0 Å². The number of aliphatic hydroxyl groups is 1. The lowest BCUT2D eigenvalue weighted by Crippen LogP contribution is -2.05. The van der Waals surface area contributed by atoms with Gasteiger partial charge in [0, 0.05) is 12.0 Å². The molecule has 1 aromatic carbocycles. The van der Waals surface area contributed by atoms with E-state index in [0.29, 0.717) is 0 Å². The van der Waals surface area contributed by atoms with E-state index < -0.39 is 0 Å². The van der Waals surface area contributed by atoms with E-state index in [1.54, 1.807) is 0 Å². The highest BCUT2D eigenvalue weighted by Crippen LogP contribution is 2.24. The van der Waals surface area contributed by atoms with Crippen LogP contribution in [-0.4, -0.2) is 22.6 Å². The van der Waals surface area contributed by atoms with Gasteiger partial charge >= 0.3 is 0 Å². The molecule has 0 saturated heterocycles. The molecule has 70 valence electrons. The third-order valence-corrected chi connectivity index (χ3v) is 1.72. The maximum atomic E-state index is 11.3. The van der Waals surface area contributed by atoms with Gasteiger partial charge in [-0.15, -0.1) is 0 Å². The largest absolute Gasteiger partial charge is 0.506 e. The molecule has 0 unspecified atom stereocenters. The molecule has 0 atom stereocenters. The Kier molecular flexibility index (Phi) is 2.87. The van der Waals surface area contributed by atoms with Crippen molar-refractivity contribution in [3.8, 4) is 5.75 Å². The van der Waals surface area contributed by atoms with Crippen LogP contribution in [0.1, 0.15) is 16.8 Å². The Labute approximate surface area is 75.6 Å². The van der Waals surface area contributed by atoms with Crippen LogP contribution < -0.4 is 5.73 Å². The van der Waals surface area contributed by atoms with Crippen molar-refractivity contribution in [1.29, 1.82) is 0 Å². The van der Waals surface area contributed by atoms with Crippen LogP contribution in [0.25, 0.3) is 0 Å². The summed E-state index contributed by atoms with van der Waals surface area (Å²) in [5, 5.41) is 17.7. The number of carbonyl (C=O) groups is 1. The van der Waals surface area contributed by atoms with Gasteiger partial charge in [-0.25, -0.2) is 0 Å². The van der Waals surface area contributed by atoms with E-state index in [1.807, 2.05) is 0 Å². The fraction of sp³-hybridized carbons (Fsp3) is 0.222. The number of rotatable bonds is 3. The van der Waals surface area contributed by atoms with Crippen LogP contribution >= 0.6 is 0 Å². The van der Waals surface area contributed by atoms with Crippen molar-refractivity contribution < 1.29 is 15.0 Å². The molecular formula is C9H11NO3. The molecule has 13 heavy (non-hydrogen) atoms. The first-order valence-electron chi connectivity index (χ1n) is 3.88. The summed E-state index contributed by atoms with van der Waals surface area (Å²) >= 11 is 0. The number of ketones is 1. The quantitative estimate of drug-likeness (QED) is 0.361. The second-order valence-electron chi connectivity index (χ2n) is 2.64. The number of hydrogen-bond acceptors (Lipinski definition) is 4. The Bertz CT molecular complexity index is 323. The van der Waals surface area contributed by atoms with E-state index in [-0.39, 0.29) is 35.8 Å². The summed E-state index contributed by atoms with van der Waals surface area (Å²) in [6, 6.07) is 4.47. The number of nitrogens with two attached hydrogens (primary N) is 1. The minimum absolute atomic E-state index is 0.0215. The highest BCUT2D eigenvalue weighted by molar-refractivity contribution is 6.01. The topological polar surface area (TPSA) is 83.5 Å². The number of phenolic OH excluding ortho intramolecular Hbond substituents is 1. The summed E-state index contributed by atoms with van der Waals surface area (Å²) in [7, 11) is 0. The summed E-state index contributed by atoms with van der Waals surface area (Å²) in [6.07, 6.45) is 0.0215. The summed E-state index contributed by atoms with van der Waals surface area (Å²) in [4.78, 5) is 11.3. The minimum Gasteiger partial charge on any atom is -0.506 e. The van der Waals surface area contributed by atoms with E-state index in [4.69, 9.17) is 10.8 Å². The first kappa shape index (κ1) is 9.54. The highest BCUT2D eigenvalue weighted by Gasteiger charge is 2.10. The van der Waals surface area contributed by atoms with Crippen molar-refractivity contribution in [2.45, 2.75) is 6.42 Å². The zero-order valence-corrected chi connectivity index (χ0v) is 7.03. The molecule has 4 heteroatoms. The molecule has 0 fully saturated rings. The van der Waals surface area contributed by atoms with Crippen LogP contribution in [0, 0.1) is 0 Å². The van der Waals surface area contributed by atoms with E-state index in [2.05, 4.69) is 0 Å². The first-order chi connectivity index (χ1) is 6.16. The maximum Gasteiger partial charge on any atom is 0.167 e. The fourth-order valence-electron chi connectivity index (χ4n) is 1.03. The molecule has 0 bridgehead atoms. The third kappa shape index (κ3) is 1.97. The number of Topliss-reactive ketones (excluding diaryl/α,β-unsaturated/α-hetero) is 1. The number of hydrogen-bond donors (Lipinski definition) is 3. The number of carbonyl (C=O) groups excluding carboxylic acids is 1. The highest BCUT2D eigenvalue weighted by atomic mass is 16.3. The second kappa shape index (κ2) is 3.91. The normalized spacial score (nSPS) is 9.92. The van der Waals surface area contributed by atoms with E-state index in [0.717, 1.165) is 0 Å². The van der Waals surface area contributed by atoms with Crippen LogP contribution in [0.5, 0.6) is 5.75 Å². The lowest BCUT2D eigenvalue weighted by Gasteiger charge is -2.04. The van der Waals surface area contributed by atoms with Crippen molar-refractivity contribution in [3.63, 3.8) is 0 Å². The number of phenols is 1. The standard InChI is InChI=1S/C9H11NO3/c10-9-6(7(12)4-5-11)2-1-3-8(9)13/h1-3,11,13H,4-5,10H2. The van der Waals surface area contributed by atoms with Crippen molar-refractivity contribution in [2.75, 3.05) is 12.3 Å². The molecule has 0 amide bonds. The van der Waals surface area contributed by atoms with Gasteiger partial charge in [0.15, 0.2) is 5.78 Å². The molecular weight excluding hydrogens is 170 g/mol. The Hall–Kier alpha value is -1.55. The van der Waals surface area contributed by atoms with Gasteiger partial charge in [-0.3, -0.25) is 4.79 Å². The summed E-state index contributed by atoms with van der Waals surface area (Å²) in [5.41, 5.74) is 5.79. The summed E-state index contributed by atoms with van der Waals surface area (Å²) in [5.74, 6) is -0.375. The van der Waals surface area contributed by atoms with Crippen molar-refractivity contribution in [2.24, 2.45) is 0 Å². The lowest BCUT2D eigenvalue weighted by atomic mass is 10.1. The van der Waals surface area contributed by atoms with Crippen LogP contribution in [0.15, 0.2) is 18.2 Å². The maximum absolute atomic E-state index is 11.3. The van der Waals surface area contributed by atoms with Gasteiger partial charge in [-0.2, -0.15) is 0 Å². The molecule has 0 aliphatic rings. The monoisotopic (exact) mass is 181 g/mol. The number of aliphatic hydroxyl groups excluding tert-OH is 1. The Morgan fingerprint density at radius 2 is 2.15 bits per heavy atom. The van der Waals surface area contributed by atoms with Crippen molar-refractivity contribution in [1.82, 2.24) is 0 Å². The molecule has 4 nitrogen and oxygen atoms in total. The molecule has 0 spiro atoms. The van der Waals surface area contributed by atoms with Crippen LogP contribution in [0.3, 0.4) is 0 Å². The Morgan fingerprint density at radius 1 is 1.46 bits per heavy atom. The molecule has 0 radical (unpaired) electrons. The van der Waals surface area contributed by atoms with Gasteiger partial charge in [0.25, 0.3) is 0 Å². The third-order valence-electron chi connectivity index (χ3n) is 1.72. The molecule has 0 aliphatic heterocycles. The van der Waals surface area contributed by atoms with Crippen LogP contribution in [-0.2, 0) is 0 Å². The van der Waals surface area contributed by atoms with Crippen LogP contribution in [0.4, 0.5) is 5.69 Å². The van der Waals surface area contributed by atoms with E-state index in [9.17, 15) is 9.90 Å². The molecule has 4 N–H and O–H groups in total. The Balaban J connectivity index is 3.01. The second-order valence-corrected chi connectivity index (χ2v) is 2.64. The lowest BCUT2D eigenvalue weighted by molar-refractivity contribution is 0.0957. The number of para-hydroxylation sites is 1. The Morgan fingerprint density at radius 3 is 2.77 bits per heavy atom. The number of benzene rings is 1. The van der Waals surface area contributed by atoms with Crippen molar-refractivity contribution in [3.05, 3.63) is 23.8 Å². The average molecular weight is 181 g/mol. The molecule has 0 saturated carbocycles. The number of anilines is 1. The predicted octanol–water partition coefficient (Wildman–Crippen LogP) is 0.540. The van der Waals surface area contributed by atoms with Gasteiger partial charge in [0.2, 0.25) is 0 Å². The fourth-order valence-corrected chi connectivity index (χ4v) is 1.03. The molecule has 1 aromatic rings. The van der Waals surface area contributed by atoms with Crippen LogP contribution in [0.2, 0.25) is 0 Å². The van der Waals surface area contributed by atoms with Gasteiger partial charge in [-0.05, 0) is 12.1 Å². The SMILES string of the molecule is Nc1c(O)cccc1C(=O)CCO. The molecule has 0 heterocycles. The smallest absolute Gasteiger partial charge is 0.167 e. The van der Waals surface area contributed by atoms with E-state index in [1.165, 1.54) is 18.2 Å². The first-order valence-corrected chi connectivity index (χ1v) is 3.88. The number of aromatic hydroxyl groups is 1. The molecule has 0 aliphatic carbocycles. The number of nitrogen functional groups attached to an aromatic ring is 1. The average Bonchev–Trinajstić information content (AvgIpc) is 2.10. The van der Waals surface area contributed by atoms with Gasteiger partial charge in [0.05, 0.1) is 12.3 Å². The van der Waals surface area contributed by atoms with Crippen molar-refractivity contribution >= 4 is 11.5 Å². The van der Waals surface area contributed by atoms with Gasteiger partial charge in [-0.1, -0.05) is 6.07 Å². The summed E-state index contributed by atoms with van der Waals surface area (Å²) in [6.45, 7) is -0.214. The summed E-state index contributed by atoms with van der Waals surface area (Å²) < 4.78 is 0. The zero-order chi connectivity index (χ0) is 9.84.